The van der Waals surface area contributed by atoms with Crippen LogP contribution in [0.15, 0.2) is 12.0 Å². The van der Waals surface area contributed by atoms with E-state index in [1.807, 2.05) is 0 Å². The maximum absolute atomic E-state index is 8.45. The Labute approximate surface area is 61.5 Å². The summed E-state index contributed by atoms with van der Waals surface area (Å²) < 4.78 is 5.02. The number of rotatable bonds is 4. The largest absolute Gasteiger partial charge is 0.512 e. The Morgan fingerprint density at radius 3 is 2.90 bits per heavy atom. The van der Waals surface area contributed by atoms with E-state index in [-0.39, 0.29) is 6.10 Å². The number of ether oxygens (including phenoxy) is 1. The molecule has 1 heterocycles. The first-order valence-electron chi connectivity index (χ1n) is 3.89. The molecule has 0 amide bonds. The smallest absolute Gasteiger partial charge is 0.172 e. The van der Waals surface area contributed by atoms with Gasteiger partial charge in [-0.3, -0.25) is 0 Å². The minimum Gasteiger partial charge on any atom is -0.512 e. The number of unbranched alkanes of at least 4 members (excludes halogenated alkanes) is 2. The summed E-state index contributed by atoms with van der Waals surface area (Å²) in [4.78, 5) is 0. The third-order valence-electron chi connectivity index (χ3n) is 1.74. The van der Waals surface area contributed by atoms with Crippen LogP contribution in [-0.4, -0.2) is 11.2 Å². The van der Waals surface area contributed by atoms with Crippen molar-refractivity contribution in [2.45, 2.75) is 38.7 Å². The van der Waals surface area contributed by atoms with Gasteiger partial charge in [0.15, 0.2) is 11.9 Å². The molecule has 1 saturated heterocycles. The highest BCUT2D eigenvalue weighted by Crippen LogP contribution is 2.30. The van der Waals surface area contributed by atoms with Gasteiger partial charge in [-0.15, -0.1) is 0 Å². The van der Waals surface area contributed by atoms with E-state index in [0.717, 1.165) is 18.4 Å². The van der Waals surface area contributed by atoms with Crippen molar-refractivity contribution in [3.63, 3.8) is 0 Å². The highest BCUT2D eigenvalue weighted by Gasteiger charge is 2.31. The Hall–Kier alpha value is -0.660. The molecule has 1 rings (SSSR count). The number of hydrogen-bond acceptors (Lipinski definition) is 2. The summed E-state index contributed by atoms with van der Waals surface area (Å²) in [5.74, 6) is 0.760. The van der Waals surface area contributed by atoms with Gasteiger partial charge in [0.25, 0.3) is 0 Å². The number of epoxide rings is 1. The topological polar surface area (TPSA) is 32.8 Å². The van der Waals surface area contributed by atoms with Crippen molar-refractivity contribution in [2.75, 3.05) is 0 Å². The second kappa shape index (κ2) is 3.49. The van der Waals surface area contributed by atoms with Gasteiger partial charge in [0.05, 0.1) is 0 Å². The lowest BCUT2D eigenvalue weighted by Crippen LogP contribution is -1.83. The van der Waals surface area contributed by atoms with Crippen molar-refractivity contribution in [1.29, 1.82) is 0 Å². The van der Waals surface area contributed by atoms with Gasteiger partial charge in [-0.2, -0.15) is 0 Å². The lowest BCUT2D eigenvalue weighted by molar-refractivity contribution is 0.393. The van der Waals surface area contributed by atoms with E-state index < -0.39 is 0 Å². The quantitative estimate of drug-likeness (QED) is 0.371. The van der Waals surface area contributed by atoms with Crippen LogP contribution in [0, 0.1) is 0 Å². The van der Waals surface area contributed by atoms with E-state index >= 15 is 0 Å². The van der Waals surface area contributed by atoms with Crippen LogP contribution in [0.1, 0.15) is 32.6 Å². The zero-order chi connectivity index (χ0) is 7.40. The number of aliphatic hydroxyl groups excluding tert-OH is 1. The number of aliphatic hydroxyl groups is 1. The van der Waals surface area contributed by atoms with E-state index in [2.05, 4.69) is 6.92 Å². The fourth-order valence-electron chi connectivity index (χ4n) is 1.02. The maximum Gasteiger partial charge on any atom is 0.172 e. The zero-order valence-corrected chi connectivity index (χ0v) is 6.34. The molecule has 1 fully saturated rings. The van der Waals surface area contributed by atoms with Crippen LogP contribution >= 0.6 is 0 Å². The summed E-state index contributed by atoms with van der Waals surface area (Å²) in [6.45, 7) is 2.18. The average molecular weight is 142 g/mol. The van der Waals surface area contributed by atoms with E-state index in [4.69, 9.17) is 9.84 Å². The second-order valence-electron chi connectivity index (χ2n) is 2.63. The molecule has 0 saturated carbocycles. The molecular weight excluding hydrogens is 128 g/mol. The predicted octanol–water partition coefficient (Wildman–Crippen LogP) is 2.36. The van der Waals surface area contributed by atoms with E-state index in [1.54, 1.807) is 0 Å². The summed E-state index contributed by atoms with van der Waals surface area (Å²) in [7, 11) is 0. The van der Waals surface area contributed by atoms with E-state index in [9.17, 15) is 0 Å². The second-order valence-corrected chi connectivity index (χ2v) is 2.63. The summed E-state index contributed by atoms with van der Waals surface area (Å²) in [5.41, 5.74) is 0. The van der Waals surface area contributed by atoms with Crippen LogP contribution in [0.4, 0.5) is 0 Å². The molecule has 0 bridgehead atoms. The molecule has 0 aromatic rings. The third kappa shape index (κ3) is 1.94. The normalized spacial score (nSPS) is 26.5. The summed E-state index contributed by atoms with van der Waals surface area (Å²) in [5, 5.41) is 8.45. The maximum atomic E-state index is 8.45. The lowest BCUT2D eigenvalue weighted by atomic mass is 10.1. The minimum absolute atomic E-state index is 0.247. The molecule has 1 N–H and O–H groups in total. The summed E-state index contributed by atoms with van der Waals surface area (Å²) in [6, 6.07) is 0. The summed E-state index contributed by atoms with van der Waals surface area (Å²) >= 11 is 0. The first-order valence-corrected chi connectivity index (χ1v) is 3.89. The predicted molar refractivity (Wildman–Crippen MR) is 39.7 cm³/mol. The molecule has 1 aliphatic rings. The Bertz CT molecular complexity index is 129. The van der Waals surface area contributed by atoms with Gasteiger partial charge in [0.2, 0.25) is 0 Å². The number of hydrogen-bond donors (Lipinski definition) is 1. The Balaban J connectivity index is 1.97. The van der Waals surface area contributed by atoms with Gasteiger partial charge in [0, 0.05) is 0 Å². The first-order chi connectivity index (χ1) is 4.88. The van der Waals surface area contributed by atoms with Gasteiger partial charge in [0.1, 0.15) is 6.26 Å². The molecule has 2 nitrogen and oxygen atoms in total. The molecule has 0 aliphatic carbocycles. The fraction of sp³-hybridized carbons (Fsp3) is 0.750. The molecule has 0 radical (unpaired) electrons. The van der Waals surface area contributed by atoms with Crippen molar-refractivity contribution in [3.05, 3.63) is 12.0 Å². The van der Waals surface area contributed by atoms with Crippen molar-refractivity contribution >= 4 is 0 Å². The van der Waals surface area contributed by atoms with Crippen molar-refractivity contribution in [3.8, 4) is 0 Å². The first kappa shape index (κ1) is 7.45. The van der Waals surface area contributed by atoms with Crippen LogP contribution in [-0.2, 0) is 4.74 Å². The standard InChI is InChI=1S/C8H14O2/c1-2-3-4-5-7-8(6-9)10-7/h6-7,9H,2-5H2,1H3/b8-6-. The Kier molecular flexibility index (Phi) is 2.60. The van der Waals surface area contributed by atoms with E-state index in [0.29, 0.717) is 0 Å². The third-order valence-corrected chi connectivity index (χ3v) is 1.74. The fourth-order valence-corrected chi connectivity index (χ4v) is 1.02. The molecule has 0 aromatic carbocycles. The highest BCUT2D eigenvalue weighted by molar-refractivity contribution is 5.09. The van der Waals surface area contributed by atoms with Crippen LogP contribution < -0.4 is 0 Å². The molecule has 1 unspecified atom stereocenters. The Morgan fingerprint density at radius 2 is 2.40 bits per heavy atom. The molecule has 0 aromatic heterocycles. The molecule has 58 valence electrons. The minimum atomic E-state index is 0.247. The molecule has 0 spiro atoms. The van der Waals surface area contributed by atoms with Gasteiger partial charge in [-0.1, -0.05) is 19.8 Å². The Morgan fingerprint density at radius 1 is 1.60 bits per heavy atom. The SMILES string of the molecule is CCCCCC1O/C1=C\O. The molecule has 2 heteroatoms. The van der Waals surface area contributed by atoms with Crippen molar-refractivity contribution in [1.82, 2.24) is 0 Å². The molecule has 10 heavy (non-hydrogen) atoms. The molecular formula is C8H14O2. The van der Waals surface area contributed by atoms with Gasteiger partial charge in [-0.25, -0.2) is 0 Å². The summed E-state index contributed by atoms with van der Waals surface area (Å²) in [6.07, 6.45) is 6.09. The zero-order valence-electron chi connectivity index (χ0n) is 6.34. The van der Waals surface area contributed by atoms with Crippen LogP contribution in [0.2, 0.25) is 0 Å². The van der Waals surface area contributed by atoms with Crippen molar-refractivity contribution in [2.24, 2.45) is 0 Å². The highest BCUT2D eigenvalue weighted by atomic mass is 16.6. The van der Waals surface area contributed by atoms with Gasteiger partial charge in [-0.05, 0) is 12.8 Å². The monoisotopic (exact) mass is 142 g/mol. The molecule has 1 aliphatic heterocycles. The van der Waals surface area contributed by atoms with Gasteiger partial charge >= 0.3 is 0 Å². The van der Waals surface area contributed by atoms with Crippen LogP contribution in [0.5, 0.6) is 0 Å². The molecule has 1 atom stereocenters. The van der Waals surface area contributed by atoms with Crippen molar-refractivity contribution < 1.29 is 9.84 Å². The van der Waals surface area contributed by atoms with Gasteiger partial charge < -0.3 is 9.84 Å². The van der Waals surface area contributed by atoms with Crippen LogP contribution in [0.3, 0.4) is 0 Å². The van der Waals surface area contributed by atoms with Crippen LogP contribution in [0.25, 0.3) is 0 Å². The average Bonchev–Trinajstić information content (AvgIpc) is 2.68. The lowest BCUT2D eigenvalue weighted by Gasteiger charge is -1.90. The van der Waals surface area contributed by atoms with E-state index in [1.165, 1.54) is 19.3 Å².